The van der Waals surface area contributed by atoms with Crippen molar-refractivity contribution in [2.24, 2.45) is 0 Å². The lowest BCUT2D eigenvalue weighted by Gasteiger charge is -2.29. The monoisotopic (exact) mass is 357 g/mol. The van der Waals surface area contributed by atoms with Crippen LogP contribution in [-0.2, 0) is 0 Å². The van der Waals surface area contributed by atoms with Gasteiger partial charge in [0, 0.05) is 6.07 Å². The summed E-state index contributed by atoms with van der Waals surface area (Å²) in [5, 5.41) is 10.4. The minimum Gasteiger partial charge on any atom is -0.490 e. The molecule has 26 heavy (non-hydrogen) atoms. The van der Waals surface area contributed by atoms with Gasteiger partial charge < -0.3 is 14.7 Å². The minimum absolute atomic E-state index is 0.352. The number of aromatic nitrogens is 1. The Labute approximate surface area is 156 Å². The molecule has 0 spiro atoms. The third kappa shape index (κ3) is 4.74. The van der Waals surface area contributed by atoms with Crippen molar-refractivity contribution < 1.29 is 19.7 Å². The number of aromatic amines is 1. The number of benzene rings is 1. The van der Waals surface area contributed by atoms with Gasteiger partial charge in [0.2, 0.25) is 0 Å². The molecular formula is C21H31N3O2+2. The van der Waals surface area contributed by atoms with E-state index >= 15 is 0 Å². The maximum absolute atomic E-state index is 10.4. The van der Waals surface area contributed by atoms with Gasteiger partial charge in [-0.15, -0.1) is 0 Å². The van der Waals surface area contributed by atoms with Crippen molar-refractivity contribution in [3.05, 3.63) is 53.2 Å². The number of pyridine rings is 1. The summed E-state index contributed by atoms with van der Waals surface area (Å²) >= 11 is 0. The number of hydrogen-bond acceptors (Lipinski definition) is 3. The van der Waals surface area contributed by atoms with Crippen LogP contribution < -0.4 is 19.5 Å². The van der Waals surface area contributed by atoms with Gasteiger partial charge in [0.1, 0.15) is 51.2 Å². The molecule has 0 bridgehead atoms. The Hall–Kier alpha value is -2.11. The van der Waals surface area contributed by atoms with E-state index in [0.717, 1.165) is 49.6 Å². The lowest BCUT2D eigenvalue weighted by atomic mass is 10.1. The molecule has 1 aromatic carbocycles. The number of piperazine rings is 1. The Morgan fingerprint density at radius 2 is 1.85 bits per heavy atom. The van der Waals surface area contributed by atoms with Gasteiger partial charge in [0.25, 0.3) is 5.82 Å². The summed E-state index contributed by atoms with van der Waals surface area (Å²) in [6.07, 6.45) is 1.52. The fraction of sp³-hybridized carbons (Fsp3) is 0.476. The van der Waals surface area contributed by atoms with Gasteiger partial charge >= 0.3 is 0 Å². The zero-order valence-electron chi connectivity index (χ0n) is 16.1. The molecule has 1 fully saturated rings. The molecule has 2 aromatic rings. The molecule has 1 atom stereocenters. The van der Waals surface area contributed by atoms with E-state index in [2.05, 4.69) is 54.9 Å². The lowest BCUT2D eigenvalue weighted by Crippen LogP contribution is -3.16. The van der Waals surface area contributed by atoms with Crippen molar-refractivity contribution in [3.8, 4) is 5.75 Å². The summed E-state index contributed by atoms with van der Waals surface area (Å²) in [5.74, 6) is 2.08. The van der Waals surface area contributed by atoms with Crippen LogP contribution in [0.4, 0.5) is 5.82 Å². The Bertz CT molecular complexity index is 689. The van der Waals surface area contributed by atoms with Gasteiger partial charge in [-0.25, -0.2) is 4.98 Å². The summed E-state index contributed by atoms with van der Waals surface area (Å²) in [5.41, 5.74) is 3.51. The van der Waals surface area contributed by atoms with Crippen LogP contribution in [0.25, 0.3) is 0 Å². The highest BCUT2D eigenvalue weighted by atomic mass is 16.5. The highest BCUT2D eigenvalue weighted by molar-refractivity contribution is 5.42. The second-order valence-electron chi connectivity index (χ2n) is 7.38. The van der Waals surface area contributed by atoms with E-state index in [-0.39, 0.29) is 0 Å². The zero-order chi connectivity index (χ0) is 18.5. The number of anilines is 1. The van der Waals surface area contributed by atoms with Gasteiger partial charge in [0.05, 0.1) is 6.20 Å². The minimum atomic E-state index is -0.444. The van der Waals surface area contributed by atoms with Crippen molar-refractivity contribution in [3.63, 3.8) is 0 Å². The first-order valence-electron chi connectivity index (χ1n) is 9.47. The number of quaternary nitrogens is 1. The molecule has 2 heterocycles. The second kappa shape index (κ2) is 8.52. The topological polar surface area (TPSA) is 51.3 Å². The number of hydrogen-bond donors (Lipinski definition) is 2. The Balaban J connectivity index is 1.45. The summed E-state index contributed by atoms with van der Waals surface area (Å²) < 4.78 is 5.94. The standard InChI is InChI=1S/C21H29N3O2/c1-16-12-17(2)21(18(3)13-16)26-15-19(25)14-23-8-10-24(11-9-23)20-6-4-5-7-22-20/h4-7,12-13,19,25H,8-11,14-15H2,1-3H3/p+2/t19-/m1/s1. The van der Waals surface area contributed by atoms with Crippen LogP contribution in [0.1, 0.15) is 16.7 Å². The maximum Gasteiger partial charge on any atom is 0.274 e. The number of aliphatic hydroxyl groups is 1. The van der Waals surface area contributed by atoms with Gasteiger partial charge in [-0.3, -0.25) is 4.90 Å². The molecule has 1 aliphatic rings. The number of aliphatic hydroxyl groups excluding tert-OH is 1. The number of ether oxygens (including phenoxy) is 1. The molecule has 1 aromatic heterocycles. The van der Waals surface area contributed by atoms with Crippen molar-refractivity contribution in [2.75, 3.05) is 44.2 Å². The first-order valence-corrected chi connectivity index (χ1v) is 9.47. The van der Waals surface area contributed by atoms with Crippen LogP contribution in [0, 0.1) is 20.8 Å². The summed E-state index contributed by atoms with van der Waals surface area (Å²) in [6.45, 7) is 11.4. The van der Waals surface area contributed by atoms with Crippen LogP contribution in [0.3, 0.4) is 0 Å². The maximum atomic E-state index is 10.4. The first-order chi connectivity index (χ1) is 12.5. The van der Waals surface area contributed by atoms with E-state index in [4.69, 9.17) is 4.74 Å². The average Bonchev–Trinajstić information content (AvgIpc) is 2.62. The molecule has 140 valence electrons. The number of nitrogens with zero attached hydrogens (tertiary/aromatic N) is 1. The van der Waals surface area contributed by atoms with E-state index in [1.807, 2.05) is 12.3 Å². The SMILES string of the molecule is Cc1cc(C)c(OC[C@H](O)C[NH+]2CCN(c3cccc[nH+]3)CC2)c(C)c1. The van der Waals surface area contributed by atoms with Crippen molar-refractivity contribution in [2.45, 2.75) is 26.9 Å². The predicted molar refractivity (Wildman–Crippen MR) is 103 cm³/mol. The normalized spacial score (nSPS) is 16.5. The Morgan fingerprint density at radius 3 is 2.46 bits per heavy atom. The van der Waals surface area contributed by atoms with Gasteiger partial charge in [-0.05, 0) is 38.0 Å². The number of nitrogens with one attached hydrogen (secondary N) is 2. The van der Waals surface area contributed by atoms with Gasteiger partial charge in [-0.1, -0.05) is 23.8 Å². The Morgan fingerprint density at radius 1 is 1.15 bits per heavy atom. The van der Waals surface area contributed by atoms with Crippen molar-refractivity contribution in [1.29, 1.82) is 0 Å². The third-order valence-corrected chi connectivity index (χ3v) is 5.05. The van der Waals surface area contributed by atoms with Gasteiger partial charge in [0.15, 0.2) is 0 Å². The summed E-state index contributed by atoms with van der Waals surface area (Å²) in [6, 6.07) is 10.4. The van der Waals surface area contributed by atoms with Crippen LogP contribution in [0.2, 0.25) is 0 Å². The molecule has 0 unspecified atom stereocenters. The van der Waals surface area contributed by atoms with E-state index < -0.39 is 6.10 Å². The third-order valence-electron chi connectivity index (χ3n) is 5.05. The van der Waals surface area contributed by atoms with E-state index in [1.54, 1.807) is 0 Å². The summed E-state index contributed by atoms with van der Waals surface area (Å²) in [7, 11) is 0. The number of rotatable bonds is 6. The van der Waals surface area contributed by atoms with Gasteiger partial charge in [-0.2, -0.15) is 0 Å². The first kappa shape index (κ1) is 18.7. The molecule has 3 N–H and O–H groups in total. The molecule has 1 aliphatic heterocycles. The molecule has 5 heteroatoms. The van der Waals surface area contributed by atoms with Crippen LogP contribution in [0.5, 0.6) is 5.75 Å². The molecule has 0 radical (unpaired) electrons. The number of H-pyrrole nitrogens is 1. The molecule has 3 rings (SSSR count). The van der Waals surface area contributed by atoms with E-state index in [1.165, 1.54) is 16.3 Å². The highest BCUT2D eigenvalue weighted by Crippen LogP contribution is 2.24. The fourth-order valence-corrected chi connectivity index (χ4v) is 3.81. The molecule has 0 saturated carbocycles. The number of aryl methyl sites for hydroxylation is 3. The van der Waals surface area contributed by atoms with Crippen LogP contribution in [-0.4, -0.2) is 50.5 Å². The molecule has 5 nitrogen and oxygen atoms in total. The molecule has 0 aliphatic carbocycles. The smallest absolute Gasteiger partial charge is 0.274 e. The molecule has 1 saturated heterocycles. The Kier molecular flexibility index (Phi) is 6.12. The second-order valence-corrected chi connectivity index (χ2v) is 7.38. The lowest BCUT2D eigenvalue weighted by molar-refractivity contribution is -0.903. The summed E-state index contributed by atoms with van der Waals surface area (Å²) in [4.78, 5) is 7.10. The fourth-order valence-electron chi connectivity index (χ4n) is 3.81. The average molecular weight is 357 g/mol. The van der Waals surface area contributed by atoms with E-state index in [0.29, 0.717) is 6.61 Å². The quantitative estimate of drug-likeness (QED) is 0.795. The van der Waals surface area contributed by atoms with E-state index in [9.17, 15) is 5.11 Å². The molecular weight excluding hydrogens is 326 g/mol. The zero-order valence-corrected chi connectivity index (χ0v) is 16.1. The van der Waals surface area contributed by atoms with Crippen LogP contribution >= 0.6 is 0 Å². The van der Waals surface area contributed by atoms with Crippen molar-refractivity contribution >= 4 is 5.82 Å². The largest absolute Gasteiger partial charge is 0.490 e. The van der Waals surface area contributed by atoms with Crippen molar-refractivity contribution in [1.82, 2.24) is 0 Å². The highest BCUT2D eigenvalue weighted by Gasteiger charge is 2.27. The predicted octanol–water partition coefficient (Wildman–Crippen LogP) is 0.571. The van der Waals surface area contributed by atoms with Crippen LogP contribution in [0.15, 0.2) is 36.5 Å². The molecule has 0 amide bonds.